The molecule has 0 heterocycles. The number of ether oxygens (including phenoxy) is 1. The Labute approximate surface area is 171 Å². The van der Waals surface area contributed by atoms with Gasteiger partial charge in [-0.2, -0.15) is 0 Å². The van der Waals surface area contributed by atoms with Gasteiger partial charge in [-0.1, -0.05) is 72.8 Å². The van der Waals surface area contributed by atoms with E-state index in [4.69, 9.17) is 4.74 Å². The molecule has 1 atom stereocenters. The van der Waals surface area contributed by atoms with Crippen LogP contribution in [0.15, 0.2) is 78.9 Å². The summed E-state index contributed by atoms with van der Waals surface area (Å²) in [7, 11) is 0. The molecule has 0 aromatic heterocycles. The Morgan fingerprint density at radius 3 is 2.00 bits per heavy atom. The van der Waals surface area contributed by atoms with Gasteiger partial charge in [-0.05, 0) is 54.5 Å². The third-order valence-electron chi connectivity index (χ3n) is 5.55. The SMILES string of the molecule is C[C@@H](OC(=O)C(c1ccccc1)c1ccccc1)C(=O)c1ccc2c(c1)CCC2. The van der Waals surface area contributed by atoms with Crippen molar-refractivity contribution < 1.29 is 14.3 Å². The summed E-state index contributed by atoms with van der Waals surface area (Å²) in [5, 5.41) is 0. The predicted molar refractivity (Wildman–Crippen MR) is 113 cm³/mol. The summed E-state index contributed by atoms with van der Waals surface area (Å²) in [5.74, 6) is -1.13. The van der Waals surface area contributed by atoms with Gasteiger partial charge in [0.1, 0.15) is 5.92 Å². The molecule has 0 saturated heterocycles. The molecule has 3 heteroatoms. The van der Waals surface area contributed by atoms with Crippen LogP contribution in [-0.4, -0.2) is 17.9 Å². The average molecular weight is 384 g/mol. The molecule has 0 radical (unpaired) electrons. The van der Waals surface area contributed by atoms with Gasteiger partial charge < -0.3 is 4.74 Å². The Morgan fingerprint density at radius 2 is 1.38 bits per heavy atom. The molecule has 4 rings (SSSR count). The van der Waals surface area contributed by atoms with E-state index in [9.17, 15) is 9.59 Å². The first-order valence-electron chi connectivity index (χ1n) is 10.1. The second kappa shape index (κ2) is 8.44. The lowest BCUT2D eigenvalue weighted by atomic mass is 9.91. The van der Waals surface area contributed by atoms with E-state index in [1.165, 1.54) is 11.1 Å². The number of Topliss-reactive ketones (excluding diaryl/α,β-unsaturated/α-hetero) is 1. The molecule has 0 N–H and O–H groups in total. The summed E-state index contributed by atoms with van der Waals surface area (Å²) in [6.07, 6.45) is 2.38. The highest BCUT2D eigenvalue weighted by molar-refractivity contribution is 6.00. The van der Waals surface area contributed by atoms with Crippen molar-refractivity contribution in [1.82, 2.24) is 0 Å². The fourth-order valence-electron chi connectivity index (χ4n) is 4.01. The van der Waals surface area contributed by atoms with Gasteiger partial charge in [-0.15, -0.1) is 0 Å². The van der Waals surface area contributed by atoms with Crippen molar-refractivity contribution in [3.63, 3.8) is 0 Å². The number of ketones is 1. The molecule has 0 saturated carbocycles. The summed E-state index contributed by atoms with van der Waals surface area (Å²) in [5.41, 5.74) is 4.86. The number of esters is 1. The lowest BCUT2D eigenvalue weighted by Gasteiger charge is -2.20. The number of aryl methyl sites for hydroxylation is 2. The van der Waals surface area contributed by atoms with Crippen molar-refractivity contribution in [2.45, 2.75) is 38.2 Å². The minimum atomic E-state index is -0.836. The first-order valence-corrected chi connectivity index (χ1v) is 10.1. The van der Waals surface area contributed by atoms with E-state index in [0.29, 0.717) is 5.56 Å². The highest BCUT2D eigenvalue weighted by atomic mass is 16.5. The zero-order chi connectivity index (χ0) is 20.2. The fourth-order valence-corrected chi connectivity index (χ4v) is 4.01. The summed E-state index contributed by atoms with van der Waals surface area (Å²) >= 11 is 0. The van der Waals surface area contributed by atoms with E-state index in [-0.39, 0.29) is 5.78 Å². The Bertz CT molecular complexity index is 969. The molecule has 29 heavy (non-hydrogen) atoms. The highest BCUT2D eigenvalue weighted by Gasteiger charge is 2.28. The second-order valence-corrected chi connectivity index (χ2v) is 7.53. The zero-order valence-corrected chi connectivity index (χ0v) is 16.5. The number of rotatable bonds is 6. The van der Waals surface area contributed by atoms with E-state index in [2.05, 4.69) is 0 Å². The second-order valence-electron chi connectivity index (χ2n) is 7.53. The topological polar surface area (TPSA) is 43.4 Å². The Kier molecular flexibility index (Phi) is 5.57. The molecular formula is C26H24O3. The van der Waals surface area contributed by atoms with E-state index >= 15 is 0 Å². The molecule has 0 amide bonds. The van der Waals surface area contributed by atoms with Crippen LogP contribution in [0.4, 0.5) is 0 Å². The molecule has 0 aliphatic heterocycles. The quantitative estimate of drug-likeness (QED) is 0.437. The number of benzene rings is 3. The van der Waals surface area contributed by atoms with Crippen molar-refractivity contribution in [2.75, 3.05) is 0 Å². The highest BCUT2D eigenvalue weighted by Crippen LogP contribution is 2.27. The monoisotopic (exact) mass is 384 g/mol. The first-order chi connectivity index (χ1) is 14.1. The van der Waals surface area contributed by atoms with Gasteiger partial charge >= 0.3 is 5.97 Å². The Morgan fingerprint density at radius 1 is 0.793 bits per heavy atom. The lowest BCUT2D eigenvalue weighted by Crippen LogP contribution is -2.28. The maximum atomic E-state index is 13.1. The van der Waals surface area contributed by atoms with Crippen LogP contribution < -0.4 is 0 Å². The number of hydrogen-bond donors (Lipinski definition) is 0. The molecule has 0 bridgehead atoms. The normalized spacial score (nSPS) is 13.7. The van der Waals surface area contributed by atoms with Gasteiger partial charge in [0.15, 0.2) is 6.10 Å². The van der Waals surface area contributed by atoms with Crippen LogP contribution in [0.25, 0.3) is 0 Å². The average Bonchev–Trinajstić information content (AvgIpc) is 3.23. The van der Waals surface area contributed by atoms with Crippen LogP contribution in [0.2, 0.25) is 0 Å². The first kappa shape index (κ1) is 19.1. The standard InChI is InChI=1S/C26H24O3/c1-18(25(27)23-16-15-19-13-8-14-22(19)17-23)29-26(28)24(20-9-4-2-5-10-20)21-11-6-3-7-12-21/h2-7,9-12,15-18,24H,8,13-14H2,1H3/t18-/m1/s1. The van der Waals surface area contributed by atoms with Gasteiger partial charge in [-0.3, -0.25) is 9.59 Å². The van der Waals surface area contributed by atoms with E-state index in [1.807, 2.05) is 78.9 Å². The third kappa shape index (κ3) is 4.14. The van der Waals surface area contributed by atoms with E-state index in [0.717, 1.165) is 30.4 Å². The summed E-state index contributed by atoms with van der Waals surface area (Å²) in [6, 6.07) is 24.9. The molecule has 3 nitrogen and oxygen atoms in total. The maximum Gasteiger partial charge on any atom is 0.318 e. The molecule has 3 aromatic carbocycles. The van der Waals surface area contributed by atoms with E-state index in [1.54, 1.807) is 6.92 Å². The van der Waals surface area contributed by atoms with Crippen molar-refractivity contribution >= 4 is 11.8 Å². The lowest BCUT2D eigenvalue weighted by molar-refractivity contribution is -0.147. The fraction of sp³-hybridized carbons (Fsp3) is 0.231. The Balaban J connectivity index is 1.55. The smallest absolute Gasteiger partial charge is 0.318 e. The zero-order valence-electron chi connectivity index (χ0n) is 16.5. The summed E-state index contributed by atoms with van der Waals surface area (Å²) < 4.78 is 5.67. The van der Waals surface area contributed by atoms with E-state index < -0.39 is 18.0 Å². The van der Waals surface area contributed by atoms with Gasteiger partial charge in [0.2, 0.25) is 5.78 Å². The van der Waals surface area contributed by atoms with Gasteiger partial charge in [0.25, 0.3) is 0 Å². The molecule has 1 aliphatic carbocycles. The Hall–Kier alpha value is -3.20. The molecule has 0 spiro atoms. The number of hydrogen-bond acceptors (Lipinski definition) is 3. The predicted octanol–water partition coefficient (Wildman–Crippen LogP) is 5.12. The third-order valence-corrected chi connectivity index (χ3v) is 5.55. The van der Waals surface area contributed by atoms with Crippen molar-refractivity contribution in [2.24, 2.45) is 0 Å². The number of carbonyl (C=O) groups excluding carboxylic acids is 2. The molecule has 3 aromatic rings. The summed E-state index contributed by atoms with van der Waals surface area (Å²) in [4.78, 5) is 26.0. The van der Waals surface area contributed by atoms with Gasteiger partial charge in [0, 0.05) is 5.56 Å². The largest absolute Gasteiger partial charge is 0.454 e. The van der Waals surface area contributed by atoms with Crippen molar-refractivity contribution in [3.05, 3.63) is 107 Å². The molecule has 0 unspecified atom stereocenters. The molecule has 146 valence electrons. The van der Waals surface area contributed by atoms with Crippen molar-refractivity contribution in [3.8, 4) is 0 Å². The minimum absolute atomic E-state index is 0.159. The van der Waals surface area contributed by atoms with Crippen LogP contribution in [-0.2, 0) is 22.4 Å². The van der Waals surface area contributed by atoms with Crippen LogP contribution in [0.3, 0.4) is 0 Å². The van der Waals surface area contributed by atoms with Crippen LogP contribution in [0, 0.1) is 0 Å². The van der Waals surface area contributed by atoms with Crippen LogP contribution in [0.5, 0.6) is 0 Å². The molecule has 1 aliphatic rings. The van der Waals surface area contributed by atoms with Gasteiger partial charge in [-0.25, -0.2) is 0 Å². The van der Waals surface area contributed by atoms with Crippen molar-refractivity contribution in [1.29, 1.82) is 0 Å². The minimum Gasteiger partial charge on any atom is -0.454 e. The van der Waals surface area contributed by atoms with Gasteiger partial charge in [0.05, 0.1) is 0 Å². The molecular weight excluding hydrogens is 360 g/mol. The number of carbonyl (C=O) groups is 2. The number of fused-ring (bicyclic) bond motifs is 1. The molecule has 0 fully saturated rings. The van der Waals surface area contributed by atoms with Crippen LogP contribution in [0.1, 0.15) is 51.9 Å². The van der Waals surface area contributed by atoms with Crippen LogP contribution >= 0.6 is 0 Å². The maximum absolute atomic E-state index is 13.1. The summed E-state index contributed by atoms with van der Waals surface area (Å²) in [6.45, 7) is 1.65.